The molecule has 59 heteroatoms. The summed E-state index contributed by atoms with van der Waals surface area (Å²) in [5.74, 6) is -9.90. The van der Waals surface area contributed by atoms with Crippen LogP contribution in [0.3, 0.4) is 0 Å². The van der Waals surface area contributed by atoms with E-state index >= 15 is 0 Å². The zero-order chi connectivity index (χ0) is 105. The molecule has 784 valence electrons. The fraction of sp³-hybridized carbons (Fsp3) is 0.500. The summed E-state index contributed by atoms with van der Waals surface area (Å²) in [6, 6.07) is 0.658. The van der Waals surface area contributed by atoms with Crippen molar-refractivity contribution in [1.29, 1.82) is 0 Å². The number of halogens is 9. The standard InChI is InChI=1S/C30H33F3N8O7S.C27H29F3N8O7S.C23H27F3N6O6S.C7H6N2O.CH3O.Na/c1-14-23(12-47-15(2)42)48-30(28(45-4)26(14)41-9-20(36-39-41)16-5-18(31)25(33)19(32)6-16)49-24-13-46-11-22(27(24)43)40-10-21(37-38-40)29-34-7-17(44-3)8-35-29;1-42-13-5-31-26(32-6-13)17-8-37(35-34-17)18-10-44-11-20(23(18)40)46-27-25(43-2)22(24(41)19(9-39)45-27)38-7-16(33-36-38)12-3-14(28)21(30)15(29)4-12;1-10-17(8-37-11(2)33)38-23(39-18-9-36-7-16(21(18)34)28-30-27)22(35-3)20(10)32-6-15(29-31-32)12-4-13(24)19(26)14(25)5-12;1-3-7-8-4-6(10-2)5-9-7;1-2;/h5-10,14,22-24,26-28,30,43H,11-13H2,1-4H3;3-8,18-20,22-25,27,39-41H,9-11H2,1-2H3;4-6,10,16-18,20-23,34H,7-9H2,1-3H3;1,4-5H,2H3;1H3;/q;;;;-1;+1. The van der Waals surface area contributed by atoms with Crippen LogP contribution in [0.25, 0.3) is 67.3 Å². The predicted molar refractivity (Wildman–Crippen MR) is 489 cm³/mol. The van der Waals surface area contributed by atoms with Gasteiger partial charge in [-0.3, -0.25) is 9.59 Å². The van der Waals surface area contributed by atoms with Gasteiger partial charge in [0.05, 0.1) is 200 Å². The van der Waals surface area contributed by atoms with E-state index in [4.69, 9.17) is 83.4 Å². The summed E-state index contributed by atoms with van der Waals surface area (Å²) < 4.78 is 210. The average Bonchev–Trinajstić information content (AvgIpc) is 1.75. The minimum Gasteiger partial charge on any atom is -0.857 e. The number of carbonyl (C=O) groups is 2. The Bertz CT molecular complexity index is 6200. The number of hydrogen-bond donors (Lipinski definition) is 5. The number of aliphatic hydroxyl groups is 5. The third-order valence-electron chi connectivity index (χ3n) is 23.9. The van der Waals surface area contributed by atoms with Crippen LogP contribution >= 0.6 is 35.3 Å². The van der Waals surface area contributed by atoms with Crippen LogP contribution in [0.5, 0.6) is 17.2 Å². The van der Waals surface area contributed by atoms with Crippen LogP contribution < -0.4 is 48.9 Å². The molecule has 6 aliphatic heterocycles. The smallest absolute Gasteiger partial charge is 0.857 e. The summed E-state index contributed by atoms with van der Waals surface area (Å²) in [4.78, 5) is 50.5. The average molecular weight is 2130 g/mol. The van der Waals surface area contributed by atoms with Gasteiger partial charge in [0.25, 0.3) is 0 Å². The first-order chi connectivity index (χ1) is 70.3. The fourth-order valence-electron chi connectivity index (χ4n) is 16.3. The molecular weight excluding hydrogens is 2040 g/mol. The Morgan fingerprint density at radius 1 is 0.463 bits per heavy atom. The minimum absolute atomic E-state index is 0. The Hall–Kier alpha value is -11.4. The molecule has 5 N–H and O–H groups in total. The zero-order valence-electron chi connectivity index (χ0n) is 80.1. The van der Waals surface area contributed by atoms with Crippen molar-refractivity contribution in [3.05, 3.63) is 173 Å². The Labute approximate surface area is 865 Å². The van der Waals surface area contributed by atoms with Crippen LogP contribution in [0.1, 0.15) is 63.7 Å². The number of ether oxygens (including phenoxy) is 14. The van der Waals surface area contributed by atoms with Crippen LogP contribution in [0.4, 0.5) is 39.5 Å². The maximum atomic E-state index is 14.0. The second-order valence-electron chi connectivity index (χ2n) is 32.9. The number of hydrogen-bond acceptors (Lipinski definition) is 42. The number of carbonyl (C=O) groups excluding carboxylic acids is 2. The zero-order valence-corrected chi connectivity index (χ0v) is 84.6. The fourth-order valence-corrected chi connectivity index (χ4v) is 20.8. The second-order valence-corrected chi connectivity index (χ2v) is 36.9. The van der Waals surface area contributed by atoms with Crippen LogP contribution in [-0.4, -0.2) is 351 Å². The van der Waals surface area contributed by atoms with Gasteiger partial charge in [0.2, 0.25) is 5.82 Å². The van der Waals surface area contributed by atoms with Crippen molar-refractivity contribution >= 4 is 47.2 Å². The molecular formula is C88H98F9N24NaO22S3. The van der Waals surface area contributed by atoms with Gasteiger partial charge in [-0.2, -0.15) is 7.11 Å². The molecule has 6 aliphatic rings. The number of esters is 2. The van der Waals surface area contributed by atoms with Gasteiger partial charge in [-0.1, -0.05) is 45.0 Å². The molecule has 17 rings (SSSR count). The molecule has 0 bridgehead atoms. The largest absolute Gasteiger partial charge is 1.00 e. The maximum Gasteiger partial charge on any atom is 1.00 e. The molecule has 147 heavy (non-hydrogen) atoms. The predicted octanol–water partition coefficient (Wildman–Crippen LogP) is 2.88. The number of nitrogens with zero attached hydrogens (tertiary/aromatic N) is 24. The van der Waals surface area contributed by atoms with Gasteiger partial charge in [-0.05, 0) is 47.8 Å². The summed E-state index contributed by atoms with van der Waals surface area (Å²) >= 11 is 3.65. The second kappa shape index (κ2) is 53.2. The number of terminal acetylenes is 1. The van der Waals surface area contributed by atoms with Crippen molar-refractivity contribution < 1.29 is 176 Å². The molecule has 46 nitrogen and oxygen atoms in total. The quantitative estimate of drug-likeness (QED) is 0.00688. The minimum atomic E-state index is -1.62. The number of benzene rings is 3. The van der Waals surface area contributed by atoms with Gasteiger partial charge < -0.3 is 97.0 Å². The molecule has 8 aromatic heterocycles. The van der Waals surface area contributed by atoms with Crippen molar-refractivity contribution in [2.75, 3.05) is 109 Å². The van der Waals surface area contributed by atoms with Crippen LogP contribution in [-0.2, 0) is 61.7 Å². The SMILES string of the molecule is C#Cc1ncc(OC)cn1.COC1C(SC2COCC(N=[N+]=[N-])C2O)OC(COC(C)=O)C(C)C1n1cc(-c2cc(F)c(F)c(F)c2)nn1.COc1cnc(-c2cn(C3COCC(SC4OC(CO)C(O)C(n5cc(-c6cc(F)c(F)c(F)c6)nn5)C4OC)C3O)nn2)nc1.COc1cnc(-c2cn(C3COCC(SC4OC(COC(C)=O)C(C)C(n5cc(-c6cc(F)c(F)c(F)c6)nn5)C4OC)C3O)nn2)nc1.C[O-].[Na+]. The third-order valence-corrected chi connectivity index (χ3v) is 28.2. The molecule has 14 heterocycles. The number of azide groups is 1. The Kier molecular flexibility index (Phi) is 41.4. The topological polar surface area (TPSA) is 567 Å². The molecule has 0 aliphatic carbocycles. The van der Waals surface area contributed by atoms with E-state index in [0.717, 1.165) is 43.5 Å². The molecule has 0 spiro atoms. The first-order valence-electron chi connectivity index (χ1n) is 44.2. The van der Waals surface area contributed by atoms with Gasteiger partial charge >= 0.3 is 41.5 Å². The number of aromatic nitrogens is 21. The van der Waals surface area contributed by atoms with E-state index in [1.165, 1.54) is 164 Å². The number of thioether (sulfide) groups is 3. The maximum absolute atomic E-state index is 14.0. The molecule has 6 saturated heterocycles. The van der Waals surface area contributed by atoms with Gasteiger partial charge in [0.1, 0.15) is 107 Å². The van der Waals surface area contributed by atoms with E-state index in [9.17, 15) is 74.6 Å². The van der Waals surface area contributed by atoms with E-state index < -0.39 is 200 Å². The molecule has 24 unspecified atom stereocenters. The number of rotatable bonds is 28. The van der Waals surface area contributed by atoms with Gasteiger partial charge in [0, 0.05) is 68.6 Å². The summed E-state index contributed by atoms with van der Waals surface area (Å²) in [6.45, 7) is 6.33. The Morgan fingerprint density at radius 2 is 0.769 bits per heavy atom. The first kappa shape index (κ1) is 114. The van der Waals surface area contributed by atoms with E-state index in [0.29, 0.717) is 46.1 Å². The van der Waals surface area contributed by atoms with E-state index in [2.05, 4.69) is 97.4 Å². The van der Waals surface area contributed by atoms with Crippen LogP contribution in [0, 0.1) is 76.5 Å². The molecule has 24 atom stereocenters. The van der Waals surface area contributed by atoms with Gasteiger partial charge in [0.15, 0.2) is 81.3 Å². The normalized spacial score (nSPS) is 26.8. The summed E-state index contributed by atoms with van der Waals surface area (Å²) in [5, 5.41) is 106. The van der Waals surface area contributed by atoms with Crippen molar-refractivity contribution in [2.24, 2.45) is 17.0 Å². The number of methoxy groups -OCH3 is 6. The van der Waals surface area contributed by atoms with Crippen LogP contribution in [0.2, 0.25) is 0 Å². The van der Waals surface area contributed by atoms with Crippen molar-refractivity contribution in [3.63, 3.8) is 0 Å². The summed E-state index contributed by atoms with van der Waals surface area (Å²) in [6.07, 6.45) is 12.5. The van der Waals surface area contributed by atoms with E-state index in [1.54, 1.807) is 19.5 Å². The van der Waals surface area contributed by atoms with Gasteiger partial charge in [-0.15, -0.1) is 67.2 Å². The molecule has 11 aromatic rings. The Morgan fingerprint density at radius 3 is 1.10 bits per heavy atom. The third kappa shape index (κ3) is 27.3. The van der Waals surface area contributed by atoms with E-state index in [1.807, 2.05) is 13.8 Å². The van der Waals surface area contributed by atoms with Gasteiger partial charge in [-0.25, -0.2) is 92.8 Å². The Balaban J connectivity index is 0.000000185. The molecule has 6 fully saturated rings. The molecule has 0 amide bonds. The molecule has 3 aromatic carbocycles. The van der Waals surface area contributed by atoms with E-state index in [-0.39, 0.29) is 128 Å². The van der Waals surface area contributed by atoms with Crippen molar-refractivity contribution in [1.82, 2.24) is 105 Å². The van der Waals surface area contributed by atoms with Crippen molar-refractivity contribution in [3.8, 4) is 86.4 Å². The monoisotopic (exact) mass is 2130 g/mol. The summed E-state index contributed by atoms with van der Waals surface area (Å²) in [7, 11) is 9.65. The summed E-state index contributed by atoms with van der Waals surface area (Å²) in [5.41, 5.74) is 7.30. The first-order valence-corrected chi connectivity index (χ1v) is 47.0. The number of aliphatic hydroxyl groups excluding tert-OH is 5. The van der Waals surface area contributed by atoms with Crippen molar-refractivity contribution in [2.45, 2.75) is 157 Å². The van der Waals surface area contributed by atoms with Crippen LogP contribution in [0.15, 0.2) is 110 Å². The molecule has 0 saturated carbocycles. The molecule has 0 radical (unpaired) electrons.